The van der Waals surface area contributed by atoms with Gasteiger partial charge in [0.05, 0.1) is 0 Å². The van der Waals surface area contributed by atoms with E-state index in [1.165, 1.54) is 51.4 Å². The molecule has 3 fully saturated rings. The summed E-state index contributed by atoms with van der Waals surface area (Å²) in [7, 11) is 0. The van der Waals surface area contributed by atoms with E-state index in [1.54, 1.807) is 5.57 Å². The van der Waals surface area contributed by atoms with Gasteiger partial charge in [0.25, 0.3) is 0 Å². The lowest BCUT2D eigenvalue weighted by molar-refractivity contribution is -0.131. The Balaban J connectivity index is 1.65. The second-order valence-electron chi connectivity index (χ2n) is 7.71. The summed E-state index contributed by atoms with van der Waals surface area (Å²) < 4.78 is 0. The average Bonchev–Trinajstić information content (AvgIpc) is 2.75. The van der Waals surface area contributed by atoms with Crippen LogP contribution in [-0.4, -0.2) is 5.78 Å². The lowest BCUT2D eigenvalue weighted by atomic mass is 9.52. The number of carbonyl (C=O) groups is 1. The van der Waals surface area contributed by atoms with E-state index in [2.05, 4.69) is 13.0 Å². The predicted molar refractivity (Wildman–Crippen MR) is 76.7 cm³/mol. The molecule has 0 bridgehead atoms. The lowest BCUT2D eigenvalue weighted by Crippen LogP contribution is -2.46. The number of fused-ring (bicyclic) bond motifs is 5. The molecule has 0 radical (unpaired) electrons. The van der Waals surface area contributed by atoms with Gasteiger partial charge >= 0.3 is 0 Å². The van der Waals surface area contributed by atoms with Crippen LogP contribution in [0.3, 0.4) is 0 Å². The summed E-state index contributed by atoms with van der Waals surface area (Å²) >= 11 is 0. The molecular formula is C18H26O. The van der Waals surface area contributed by atoms with Gasteiger partial charge in [0, 0.05) is 11.8 Å². The SMILES string of the molecule is C[C@@]12CC[C@@H]3[C@H](CCC4=CCCC[C@H]43)[C@@H]1CCC2=O. The summed E-state index contributed by atoms with van der Waals surface area (Å²) in [5.41, 5.74) is 1.86. The normalized spacial score (nSPS) is 49.1. The highest BCUT2D eigenvalue weighted by atomic mass is 16.1. The summed E-state index contributed by atoms with van der Waals surface area (Å²) in [6.45, 7) is 2.29. The number of rotatable bonds is 0. The summed E-state index contributed by atoms with van der Waals surface area (Å²) in [5.74, 6) is 3.99. The molecule has 0 aromatic rings. The van der Waals surface area contributed by atoms with E-state index in [9.17, 15) is 4.79 Å². The van der Waals surface area contributed by atoms with Gasteiger partial charge in [-0.05, 0) is 75.0 Å². The Morgan fingerprint density at radius 2 is 2.00 bits per heavy atom. The monoisotopic (exact) mass is 258 g/mol. The van der Waals surface area contributed by atoms with E-state index >= 15 is 0 Å². The lowest BCUT2D eigenvalue weighted by Gasteiger charge is -2.52. The van der Waals surface area contributed by atoms with Crippen LogP contribution in [0.15, 0.2) is 11.6 Å². The Labute approximate surface area is 116 Å². The van der Waals surface area contributed by atoms with Crippen molar-refractivity contribution < 1.29 is 4.79 Å². The molecule has 0 aromatic heterocycles. The maximum atomic E-state index is 12.3. The highest BCUT2D eigenvalue weighted by Gasteiger charge is 2.55. The van der Waals surface area contributed by atoms with Crippen molar-refractivity contribution in [2.75, 3.05) is 0 Å². The summed E-state index contributed by atoms with van der Waals surface area (Å²) in [6.07, 6.45) is 14.0. The smallest absolute Gasteiger partial charge is 0.139 e. The van der Waals surface area contributed by atoms with Crippen molar-refractivity contribution >= 4 is 5.78 Å². The van der Waals surface area contributed by atoms with Crippen molar-refractivity contribution in [2.24, 2.45) is 29.1 Å². The molecule has 1 nitrogen and oxygen atoms in total. The summed E-state index contributed by atoms with van der Waals surface area (Å²) in [4.78, 5) is 12.3. The third kappa shape index (κ3) is 1.63. The quantitative estimate of drug-likeness (QED) is 0.584. The zero-order valence-electron chi connectivity index (χ0n) is 12.2. The molecule has 0 spiro atoms. The van der Waals surface area contributed by atoms with Gasteiger partial charge in [-0.15, -0.1) is 0 Å². The molecule has 0 heterocycles. The van der Waals surface area contributed by atoms with Crippen LogP contribution < -0.4 is 0 Å². The first-order chi connectivity index (χ1) is 9.20. The minimum Gasteiger partial charge on any atom is -0.299 e. The van der Waals surface area contributed by atoms with Crippen LogP contribution in [0.25, 0.3) is 0 Å². The maximum absolute atomic E-state index is 12.3. The summed E-state index contributed by atoms with van der Waals surface area (Å²) in [6, 6.07) is 0. The topological polar surface area (TPSA) is 17.1 Å². The molecule has 4 rings (SSSR count). The van der Waals surface area contributed by atoms with Gasteiger partial charge in [0.2, 0.25) is 0 Å². The van der Waals surface area contributed by atoms with Gasteiger partial charge in [-0.3, -0.25) is 4.79 Å². The average molecular weight is 258 g/mol. The Kier molecular flexibility index (Phi) is 2.69. The van der Waals surface area contributed by atoms with E-state index in [1.807, 2.05) is 0 Å². The molecule has 3 saturated carbocycles. The van der Waals surface area contributed by atoms with Crippen LogP contribution in [0.5, 0.6) is 0 Å². The number of allylic oxidation sites excluding steroid dienone is 2. The van der Waals surface area contributed by atoms with Crippen molar-refractivity contribution in [1.29, 1.82) is 0 Å². The van der Waals surface area contributed by atoms with Gasteiger partial charge < -0.3 is 0 Å². The minimum atomic E-state index is 0.0665. The third-order valence-electron chi connectivity index (χ3n) is 7.09. The van der Waals surface area contributed by atoms with Crippen LogP contribution in [0.2, 0.25) is 0 Å². The fraction of sp³-hybridized carbons (Fsp3) is 0.833. The van der Waals surface area contributed by atoms with E-state index in [0.29, 0.717) is 5.78 Å². The fourth-order valence-electron chi connectivity index (χ4n) is 6.07. The second kappa shape index (κ2) is 4.20. The molecule has 19 heavy (non-hydrogen) atoms. The number of hydrogen-bond acceptors (Lipinski definition) is 1. The number of carbonyl (C=O) groups excluding carboxylic acids is 1. The van der Waals surface area contributed by atoms with Crippen LogP contribution in [0.4, 0.5) is 0 Å². The van der Waals surface area contributed by atoms with Gasteiger partial charge in [0.1, 0.15) is 5.78 Å². The van der Waals surface area contributed by atoms with Crippen molar-refractivity contribution in [3.05, 3.63) is 11.6 Å². The first kappa shape index (κ1) is 12.2. The Morgan fingerprint density at radius 3 is 2.89 bits per heavy atom. The zero-order chi connectivity index (χ0) is 13.0. The molecule has 5 atom stereocenters. The Hall–Kier alpha value is -0.590. The van der Waals surface area contributed by atoms with Gasteiger partial charge in [-0.1, -0.05) is 18.6 Å². The second-order valence-corrected chi connectivity index (χ2v) is 7.71. The minimum absolute atomic E-state index is 0.0665. The number of hydrogen-bond donors (Lipinski definition) is 0. The maximum Gasteiger partial charge on any atom is 0.139 e. The molecular weight excluding hydrogens is 232 g/mol. The molecule has 104 valence electrons. The highest BCUT2D eigenvalue weighted by Crippen LogP contribution is 2.60. The van der Waals surface area contributed by atoms with Gasteiger partial charge in [0.15, 0.2) is 0 Å². The third-order valence-corrected chi connectivity index (χ3v) is 7.09. The number of ketones is 1. The molecule has 1 heteroatoms. The molecule has 0 aromatic carbocycles. The number of Topliss-reactive ketones (excluding diaryl/α,β-unsaturated/α-hetero) is 1. The van der Waals surface area contributed by atoms with E-state index in [4.69, 9.17) is 0 Å². The van der Waals surface area contributed by atoms with E-state index in [-0.39, 0.29) is 5.41 Å². The zero-order valence-corrected chi connectivity index (χ0v) is 12.2. The van der Waals surface area contributed by atoms with Crippen LogP contribution >= 0.6 is 0 Å². The largest absolute Gasteiger partial charge is 0.299 e. The molecule has 4 aliphatic rings. The van der Waals surface area contributed by atoms with Crippen LogP contribution in [0, 0.1) is 29.1 Å². The first-order valence-electron chi connectivity index (χ1n) is 8.42. The molecule has 0 aliphatic heterocycles. The van der Waals surface area contributed by atoms with Crippen molar-refractivity contribution in [2.45, 2.75) is 64.7 Å². The molecule has 0 N–H and O–H groups in total. The fourth-order valence-corrected chi connectivity index (χ4v) is 6.07. The van der Waals surface area contributed by atoms with E-state index in [0.717, 1.165) is 30.1 Å². The van der Waals surface area contributed by atoms with Crippen molar-refractivity contribution in [3.8, 4) is 0 Å². The predicted octanol–water partition coefficient (Wildman–Crippen LogP) is 4.52. The van der Waals surface area contributed by atoms with Crippen molar-refractivity contribution in [1.82, 2.24) is 0 Å². The molecule has 0 amide bonds. The molecule has 0 saturated heterocycles. The highest BCUT2D eigenvalue weighted by molar-refractivity contribution is 5.87. The van der Waals surface area contributed by atoms with E-state index < -0.39 is 0 Å². The Bertz CT molecular complexity index is 435. The standard InChI is InChI=1S/C18H26O/c1-18-11-10-14-13-5-3-2-4-12(13)6-7-15(14)16(18)8-9-17(18)19/h4,13-16H,2-3,5-11H2,1H3/t13-,14+,15+,16+,18-/m1/s1. The van der Waals surface area contributed by atoms with Crippen LogP contribution in [-0.2, 0) is 4.79 Å². The van der Waals surface area contributed by atoms with Crippen molar-refractivity contribution in [3.63, 3.8) is 0 Å². The summed E-state index contributed by atoms with van der Waals surface area (Å²) in [5, 5.41) is 0. The Morgan fingerprint density at radius 1 is 1.11 bits per heavy atom. The van der Waals surface area contributed by atoms with Gasteiger partial charge in [-0.25, -0.2) is 0 Å². The van der Waals surface area contributed by atoms with Crippen LogP contribution in [0.1, 0.15) is 64.7 Å². The van der Waals surface area contributed by atoms with Gasteiger partial charge in [-0.2, -0.15) is 0 Å². The molecule has 0 unspecified atom stereocenters. The first-order valence-corrected chi connectivity index (χ1v) is 8.42. The molecule has 4 aliphatic carbocycles.